The molecule has 0 fully saturated rings. The zero-order valence-corrected chi connectivity index (χ0v) is 7.08. The van der Waals surface area contributed by atoms with Crippen molar-refractivity contribution in [2.45, 2.75) is 5.92 Å². The molecule has 0 N–H and O–H groups in total. The summed E-state index contributed by atoms with van der Waals surface area (Å²) in [5.74, 6) is 0.429. The molecular formula is C12H8O. The van der Waals surface area contributed by atoms with E-state index in [9.17, 15) is 4.79 Å². The highest BCUT2D eigenvalue weighted by molar-refractivity contribution is 6.32. The van der Waals surface area contributed by atoms with Gasteiger partial charge in [-0.05, 0) is 11.1 Å². The lowest BCUT2D eigenvalue weighted by atomic mass is 9.87. The molecule has 3 rings (SSSR count). The van der Waals surface area contributed by atoms with Crippen LogP contribution in [0.2, 0.25) is 0 Å². The Kier molecular flexibility index (Phi) is 1.05. The molecule has 0 radical (unpaired) electrons. The number of benzene rings is 1. The lowest BCUT2D eigenvalue weighted by molar-refractivity contribution is -0.110. The van der Waals surface area contributed by atoms with Crippen LogP contribution in [0.4, 0.5) is 0 Å². The van der Waals surface area contributed by atoms with Crippen LogP contribution in [0.5, 0.6) is 0 Å². The molecule has 1 heteroatoms. The first kappa shape index (κ1) is 6.84. The molecule has 1 nitrogen and oxygen atoms in total. The number of fused-ring (bicyclic) bond motifs is 3. The van der Waals surface area contributed by atoms with Crippen LogP contribution in [-0.4, -0.2) is 5.78 Å². The molecule has 13 heavy (non-hydrogen) atoms. The lowest BCUT2D eigenvalue weighted by Gasteiger charge is -2.15. The van der Waals surface area contributed by atoms with Crippen LogP contribution in [0.3, 0.4) is 0 Å². The highest BCUT2D eigenvalue weighted by atomic mass is 16.1. The van der Waals surface area contributed by atoms with E-state index in [2.05, 4.69) is 12.6 Å². The first-order chi connectivity index (χ1) is 6.29. The van der Waals surface area contributed by atoms with E-state index in [1.54, 1.807) is 0 Å². The van der Waals surface area contributed by atoms with Crippen molar-refractivity contribution in [1.82, 2.24) is 0 Å². The summed E-state index contributed by atoms with van der Waals surface area (Å²) in [5.41, 5.74) is 3.84. The van der Waals surface area contributed by atoms with Gasteiger partial charge in [-0.2, -0.15) is 0 Å². The van der Waals surface area contributed by atoms with Gasteiger partial charge in [-0.25, -0.2) is 0 Å². The van der Waals surface area contributed by atoms with Crippen molar-refractivity contribution in [1.29, 1.82) is 0 Å². The van der Waals surface area contributed by atoms with Gasteiger partial charge in [0.15, 0.2) is 5.78 Å². The van der Waals surface area contributed by atoms with Gasteiger partial charge in [0.25, 0.3) is 0 Å². The maximum atomic E-state index is 11.6. The Morgan fingerprint density at radius 3 is 2.85 bits per heavy atom. The van der Waals surface area contributed by atoms with Crippen molar-refractivity contribution in [3.8, 4) is 0 Å². The van der Waals surface area contributed by atoms with Crippen LogP contribution < -0.4 is 0 Å². The second-order valence-electron chi connectivity index (χ2n) is 3.49. The van der Waals surface area contributed by atoms with Crippen LogP contribution in [0.15, 0.2) is 42.5 Å². The van der Waals surface area contributed by atoms with E-state index in [1.165, 1.54) is 5.56 Å². The molecule has 0 aromatic heterocycles. The topological polar surface area (TPSA) is 17.1 Å². The minimum Gasteiger partial charge on any atom is -0.289 e. The first-order valence-corrected chi connectivity index (χ1v) is 4.33. The summed E-state index contributed by atoms with van der Waals surface area (Å²) in [5, 5.41) is 0. The summed E-state index contributed by atoms with van der Waals surface area (Å²) in [6.07, 6.45) is 2.01. The molecule has 0 saturated heterocycles. The van der Waals surface area contributed by atoms with Crippen molar-refractivity contribution < 1.29 is 4.79 Å². The molecule has 0 amide bonds. The monoisotopic (exact) mass is 168 g/mol. The lowest BCUT2D eigenvalue weighted by Crippen LogP contribution is -2.09. The summed E-state index contributed by atoms with van der Waals surface area (Å²) in [7, 11) is 0. The fourth-order valence-electron chi connectivity index (χ4n) is 1.95. The highest BCUT2D eigenvalue weighted by Crippen LogP contribution is 2.48. The number of rotatable bonds is 0. The summed E-state index contributed by atoms with van der Waals surface area (Å²) < 4.78 is 0. The standard InChI is InChI=1S/C12H8O/c1-7-8-4-2-3-5-9(8)10-6-11(10)12(7)13/h2-6,10H,1H2. The van der Waals surface area contributed by atoms with Gasteiger partial charge < -0.3 is 0 Å². The average Bonchev–Trinajstić information content (AvgIpc) is 2.94. The number of carbonyl (C=O) groups is 1. The second kappa shape index (κ2) is 1.99. The molecule has 2 aliphatic carbocycles. The predicted octanol–water partition coefficient (Wildman–Crippen LogP) is 2.31. The van der Waals surface area contributed by atoms with E-state index in [-0.39, 0.29) is 5.78 Å². The Bertz CT molecular complexity index is 466. The average molecular weight is 168 g/mol. The van der Waals surface area contributed by atoms with E-state index in [1.807, 2.05) is 24.3 Å². The smallest absolute Gasteiger partial charge is 0.189 e. The van der Waals surface area contributed by atoms with Gasteiger partial charge in [-0.15, -0.1) is 0 Å². The van der Waals surface area contributed by atoms with E-state index in [4.69, 9.17) is 0 Å². The summed E-state index contributed by atoms with van der Waals surface area (Å²) in [4.78, 5) is 11.6. The normalized spacial score (nSPS) is 23.4. The second-order valence-corrected chi connectivity index (χ2v) is 3.49. The summed E-state index contributed by atoms with van der Waals surface area (Å²) in [6.45, 7) is 3.82. The molecule has 62 valence electrons. The van der Waals surface area contributed by atoms with E-state index in [0.29, 0.717) is 11.5 Å². The zero-order valence-electron chi connectivity index (χ0n) is 7.08. The van der Waals surface area contributed by atoms with Crippen molar-refractivity contribution in [2.75, 3.05) is 0 Å². The maximum absolute atomic E-state index is 11.6. The van der Waals surface area contributed by atoms with Gasteiger partial charge in [-0.1, -0.05) is 36.9 Å². The van der Waals surface area contributed by atoms with Gasteiger partial charge in [-0.3, -0.25) is 4.79 Å². The summed E-state index contributed by atoms with van der Waals surface area (Å²) >= 11 is 0. The first-order valence-electron chi connectivity index (χ1n) is 4.33. The van der Waals surface area contributed by atoms with Crippen molar-refractivity contribution in [2.24, 2.45) is 0 Å². The van der Waals surface area contributed by atoms with Crippen LogP contribution >= 0.6 is 0 Å². The molecule has 1 aromatic rings. The fraction of sp³-hybridized carbons (Fsp3) is 0.0833. The van der Waals surface area contributed by atoms with Crippen molar-refractivity contribution >= 4 is 11.4 Å². The number of hydrogen-bond donors (Lipinski definition) is 0. The van der Waals surface area contributed by atoms with Crippen molar-refractivity contribution in [3.63, 3.8) is 0 Å². The molecule has 0 aliphatic heterocycles. The summed E-state index contributed by atoms with van der Waals surface area (Å²) in [6, 6.07) is 8.00. The van der Waals surface area contributed by atoms with Gasteiger partial charge in [0.05, 0.1) is 0 Å². The van der Waals surface area contributed by atoms with Crippen molar-refractivity contribution in [3.05, 3.63) is 53.6 Å². The zero-order chi connectivity index (χ0) is 9.00. The highest BCUT2D eigenvalue weighted by Gasteiger charge is 2.39. The third-order valence-electron chi connectivity index (χ3n) is 2.73. The van der Waals surface area contributed by atoms with E-state index >= 15 is 0 Å². The number of ketones is 1. The minimum atomic E-state index is 0.128. The molecule has 1 atom stereocenters. The molecule has 0 spiro atoms. The fourth-order valence-corrected chi connectivity index (χ4v) is 1.95. The molecule has 2 aliphatic rings. The van der Waals surface area contributed by atoms with Crippen LogP contribution in [0.25, 0.3) is 5.57 Å². The minimum absolute atomic E-state index is 0.128. The molecular weight excluding hydrogens is 160 g/mol. The third-order valence-corrected chi connectivity index (χ3v) is 2.73. The van der Waals surface area contributed by atoms with Crippen LogP contribution in [0, 0.1) is 0 Å². The molecule has 0 saturated carbocycles. The predicted molar refractivity (Wildman–Crippen MR) is 51.3 cm³/mol. The molecule has 1 aromatic carbocycles. The largest absolute Gasteiger partial charge is 0.289 e. The van der Waals surface area contributed by atoms with Gasteiger partial charge in [0.1, 0.15) is 0 Å². The quantitative estimate of drug-likeness (QED) is 0.543. The Labute approximate surface area is 76.4 Å². The Morgan fingerprint density at radius 2 is 2.00 bits per heavy atom. The Morgan fingerprint density at radius 1 is 1.23 bits per heavy atom. The number of allylic oxidation sites excluding steroid dienone is 3. The number of carbonyl (C=O) groups excluding carboxylic acids is 1. The van der Waals surface area contributed by atoms with Gasteiger partial charge in [0, 0.05) is 17.1 Å². The SMILES string of the molecule is C=C1C(=O)C2=CC2c2ccccc21. The number of Topliss-reactive ketones (excluding diaryl/α,β-unsaturated/α-hetero) is 1. The van der Waals surface area contributed by atoms with Crippen LogP contribution in [-0.2, 0) is 4.79 Å². The van der Waals surface area contributed by atoms with Gasteiger partial charge in [0.2, 0.25) is 0 Å². The van der Waals surface area contributed by atoms with Gasteiger partial charge >= 0.3 is 0 Å². The maximum Gasteiger partial charge on any atom is 0.189 e. The third kappa shape index (κ3) is 0.738. The Balaban J connectivity index is 2.28. The molecule has 0 heterocycles. The molecule has 1 unspecified atom stereocenters. The Hall–Kier alpha value is -1.63. The molecule has 0 bridgehead atoms. The van der Waals surface area contributed by atoms with E-state index < -0.39 is 0 Å². The van der Waals surface area contributed by atoms with E-state index in [0.717, 1.165) is 11.1 Å². The number of hydrogen-bond acceptors (Lipinski definition) is 1. The van der Waals surface area contributed by atoms with Crippen LogP contribution in [0.1, 0.15) is 17.0 Å².